The molecule has 6 heteroatoms. The minimum Gasteiger partial charge on any atom is -0.389 e. The highest BCUT2D eigenvalue weighted by atomic mass is 35.5. The van der Waals surface area contributed by atoms with E-state index in [-0.39, 0.29) is 6.04 Å². The van der Waals surface area contributed by atoms with E-state index in [1.54, 1.807) is 17.5 Å². The fraction of sp³-hybridized carbons (Fsp3) is 0.400. The molecule has 1 aromatic heterocycles. The van der Waals surface area contributed by atoms with Gasteiger partial charge in [-0.15, -0.1) is 11.3 Å². The van der Waals surface area contributed by atoms with Crippen LogP contribution in [0.5, 0.6) is 0 Å². The van der Waals surface area contributed by atoms with Crippen LogP contribution in [0.15, 0.2) is 35.8 Å². The number of benzene rings is 1. The van der Waals surface area contributed by atoms with Gasteiger partial charge in [-0.2, -0.15) is 0 Å². The number of hydrogen-bond donors (Lipinski definition) is 2. The smallest absolute Gasteiger partial charge is 0.109 e. The van der Waals surface area contributed by atoms with Crippen molar-refractivity contribution in [1.82, 2.24) is 10.3 Å². The van der Waals surface area contributed by atoms with Gasteiger partial charge in [-0.3, -0.25) is 0 Å². The third kappa shape index (κ3) is 5.73. The zero-order chi connectivity index (χ0) is 15.1. The van der Waals surface area contributed by atoms with Crippen LogP contribution >= 0.6 is 22.9 Å². The molecule has 2 N–H and O–H groups in total. The lowest BCUT2D eigenvalue weighted by molar-refractivity contribution is 0.0278. The van der Waals surface area contributed by atoms with Crippen LogP contribution in [-0.2, 0) is 11.3 Å². The summed E-state index contributed by atoms with van der Waals surface area (Å²) in [5.74, 6) is 0. The van der Waals surface area contributed by atoms with Crippen molar-refractivity contribution in [3.05, 3.63) is 51.4 Å². The van der Waals surface area contributed by atoms with Gasteiger partial charge in [-0.1, -0.05) is 23.7 Å². The topological polar surface area (TPSA) is 54.4 Å². The largest absolute Gasteiger partial charge is 0.389 e. The maximum absolute atomic E-state index is 9.89. The van der Waals surface area contributed by atoms with Gasteiger partial charge < -0.3 is 15.2 Å². The number of aliphatic hydroxyl groups is 1. The van der Waals surface area contributed by atoms with E-state index in [0.717, 1.165) is 10.6 Å². The first kappa shape index (κ1) is 16.4. The molecule has 2 unspecified atom stereocenters. The first-order valence-corrected chi connectivity index (χ1v) is 8.04. The van der Waals surface area contributed by atoms with Crippen molar-refractivity contribution >= 4 is 22.9 Å². The number of aromatic nitrogens is 1. The van der Waals surface area contributed by atoms with E-state index in [9.17, 15) is 5.11 Å². The number of nitrogens with one attached hydrogen (secondary N) is 1. The fourth-order valence-electron chi connectivity index (χ4n) is 1.80. The molecule has 0 aliphatic heterocycles. The summed E-state index contributed by atoms with van der Waals surface area (Å²) in [7, 11) is 0. The van der Waals surface area contributed by atoms with Crippen molar-refractivity contribution in [3.63, 3.8) is 0 Å². The zero-order valence-corrected chi connectivity index (χ0v) is 13.4. The van der Waals surface area contributed by atoms with Crippen LogP contribution in [0.4, 0.5) is 0 Å². The van der Waals surface area contributed by atoms with Crippen molar-refractivity contribution in [2.24, 2.45) is 0 Å². The molecular weight excluding hydrogens is 308 g/mol. The fourth-order valence-corrected chi connectivity index (χ4v) is 2.60. The van der Waals surface area contributed by atoms with Gasteiger partial charge in [0.2, 0.25) is 0 Å². The highest BCUT2D eigenvalue weighted by Crippen LogP contribution is 2.14. The molecule has 114 valence electrons. The predicted molar refractivity (Wildman–Crippen MR) is 85.6 cm³/mol. The summed E-state index contributed by atoms with van der Waals surface area (Å²) >= 11 is 7.42. The molecule has 2 atom stereocenters. The second-order valence-electron chi connectivity index (χ2n) is 4.80. The van der Waals surface area contributed by atoms with E-state index in [0.29, 0.717) is 24.8 Å². The molecule has 21 heavy (non-hydrogen) atoms. The summed E-state index contributed by atoms with van der Waals surface area (Å²) < 4.78 is 5.50. The molecule has 1 heterocycles. The van der Waals surface area contributed by atoms with Crippen LogP contribution in [0.1, 0.15) is 23.5 Å². The summed E-state index contributed by atoms with van der Waals surface area (Å²) in [5.41, 5.74) is 1.04. The van der Waals surface area contributed by atoms with E-state index >= 15 is 0 Å². The summed E-state index contributed by atoms with van der Waals surface area (Å²) in [5, 5.41) is 16.8. The van der Waals surface area contributed by atoms with Gasteiger partial charge in [0.15, 0.2) is 0 Å². The monoisotopic (exact) mass is 326 g/mol. The van der Waals surface area contributed by atoms with Gasteiger partial charge in [0.25, 0.3) is 0 Å². The zero-order valence-electron chi connectivity index (χ0n) is 11.8. The Labute approximate surface area is 133 Å². The van der Waals surface area contributed by atoms with Crippen LogP contribution in [0.25, 0.3) is 0 Å². The Kier molecular flexibility index (Phi) is 6.60. The van der Waals surface area contributed by atoms with E-state index < -0.39 is 6.10 Å². The molecular formula is C15H19ClN2O2S. The Morgan fingerprint density at radius 1 is 1.38 bits per heavy atom. The lowest BCUT2D eigenvalue weighted by Gasteiger charge is -2.15. The first-order valence-electron chi connectivity index (χ1n) is 6.78. The Bertz CT molecular complexity index is 519. The molecule has 0 spiro atoms. The van der Waals surface area contributed by atoms with Crippen LogP contribution in [0, 0.1) is 0 Å². The van der Waals surface area contributed by atoms with E-state index in [1.165, 1.54) is 0 Å². The summed E-state index contributed by atoms with van der Waals surface area (Å²) in [6.07, 6.45) is 1.24. The highest BCUT2D eigenvalue weighted by molar-refractivity contribution is 7.09. The average Bonchev–Trinajstić information content (AvgIpc) is 3.01. The van der Waals surface area contributed by atoms with Crippen molar-refractivity contribution in [1.29, 1.82) is 0 Å². The second-order valence-corrected chi connectivity index (χ2v) is 6.16. The number of aliphatic hydroxyl groups excluding tert-OH is 1. The van der Waals surface area contributed by atoms with Crippen molar-refractivity contribution in [2.75, 3.05) is 13.2 Å². The molecule has 0 aliphatic rings. The number of ether oxygens (including phenoxy) is 1. The van der Waals surface area contributed by atoms with Crippen LogP contribution < -0.4 is 5.32 Å². The van der Waals surface area contributed by atoms with E-state index in [4.69, 9.17) is 16.3 Å². The third-order valence-corrected chi connectivity index (χ3v) is 4.18. The molecule has 2 rings (SSSR count). The molecule has 0 fully saturated rings. The van der Waals surface area contributed by atoms with Gasteiger partial charge in [0.1, 0.15) is 5.01 Å². The van der Waals surface area contributed by atoms with Gasteiger partial charge in [-0.05, 0) is 24.6 Å². The minimum absolute atomic E-state index is 0.135. The van der Waals surface area contributed by atoms with Gasteiger partial charge in [0, 0.05) is 23.1 Å². The molecule has 0 saturated heterocycles. The molecule has 0 amide bonds. The van der Waals surface area contributed by atoms with E-state index in [1.807, 2.05) is 36.6 Å². The first-order chi connectivity index (χ1) is 10.1. The second kappa shape index (κ2) is 8.46. The standard InChI is InChI=1S/C15H19ClN2O2S/c1-11(15-17-6-7-21-15)18-8-14(19)10-20-9-12-2-4-13(16)5-3-12/h2-7,11,14,18-19H,8-10H2,1H3. The molecule has 0 aliphatic carbocycles. The third-order valence-electron chi connectivity index (χ3n) is 2.97. The van der Waals surface area contributed by atoms with Crippen molar-refractivity contribution in [3.8, 4) is 0 Å². The quantitative estimate of drug-likeness (QED) is 0.783. The van der Waals surface area contributed by atoms with Gasteiger partial charge in [0.05, 0.1) is 25.4 Å². The molecule has 0 radical (unpaired) electrons. The number of rotatable bonds is 8. The maximum atomic E-state index is 9.89. The van der Waals surface area contributed by atoms with Crippen LogP contribution in [-0.4, -0.2) is 29.3 Å². The lowest BCUT2D eigenvalue weighted by atomic mass is 10.2. The average molecular weight is 327 g/mol. The summed E-state index contributed by atoms with van der Waals surface area (Å²) in [6.45, 7) is 3.26. The highest BCUT2D eigenvalue weighted by Gasteiger charge is 2.10. The van der Waals surface area contributed by atoms with Gasteiger partial charge >= 0.3 is 0 Å². The Balaban J connectivity index is 1.63. The van der Waals surface area contributed by atoms with Gasteiger partial charge in [-0.25, -0.2) is 4.98 Å². The van der Waals surface area contributed by atoms with E-state index in [2.05, 4.69) is 10.3 Å². The Morgan fingerprint density at radius 2 is 2.14 bits per heavy atom. The number of hydrogen-bond acceptors (Lipinski definition) is 5. The molecule has 0 bridgehead atoms. The Hall–Kier alpha value is -0.980. The minimum atomic E-state index is -0.542. The molecule has 1 aromatic carbocycles. The number of halogens is 1. The Morgan fingerprint density at radius 3 is 2.81 bits per heavy atom. The predicted octanol–water partition coefficient (Wildman–Crippen LogP) is 3.02. The molecule has 4 nitrogen and oxygen atoms in total. The normalized spacial score (nSPS) is 14.0. The van der Waals surface area contributed by atoms with Crippen LogP contribution in [0.2, 0.25) is 5.02 Å². The number of nitrogens with zero attached hydrogens (tertiary/aromatic N) is 1. The molecule has 0 saturated carbocycles. The lowest BCUT2D eigenvalue weighted by Crippen LogP contribution is -2.32. The van der Waals surface area contributed by atoms with Crippen molar-refractivity contribution < 1.29 is 9.84 Å². The summed E-state index contributed by atoms with van der Waals surface area (Å²) in [6, 6.07) is 7.62. The SMILES string of the molecule is CC(NCC(O)COCc1ccc(Cl)cc1)c1nccs1. The maximum Gasteiger partial charge on any atom is 0.109 e. The van der Waals surface area contributed by atoms with Crippen LogP contribution in [0.3, 0.4) is 0 Å². The molecule has 2 aromatic rings. The van der Waals surface area contributed by atoms with Crippen molar-refractivity contribution in [2.45, 2.75) is 25.7 Å². The number of thiazole rings is 1. The summed E-state index contributed by atoms with van der Waals surface area (Å²) in [4.78, 5) is 4.24.